The number of carbonyl (C=O) groups is 1. The Hall–Kier alpha value is -1.25. The van der Waals surface area contributed by atoms with Crippen LogP contribution in [0, 0.1) is 11.7 Å². The molecule has 1 aliphatic rings. The van der Waals surface area contributed by atoms with Gasteiger partial charge < -0.3 is 0 Å². The van der Waals surface area contributed by atoms with E-state index in [-0.39, 0.29) is 5.82 Å². The summed E-state index contributed by atoms with van der Waals surface area (Å²) >= 11 is 0. The van der Waals surface area contributed by atoms with Crippen molar-refractivity contribution in [3.05, 3.63) is 29.3 Å². The molecule has 0 N–H and O–H groups in total. The number of rotatable bonds is 3. The van der Waals surface area contributed by atoms with Crippen LogP contribution in [0.3, 0.4) is 0 Å². The number of pyridine rings is 1. The second kappa shape index (κ2) is 3.24. The summed E-state index contributed by atoms with van der Waals surface area (Å²) in [5.41, 5.74) is 0.796. The van der Waals surface area contributed by atoms with E-state index in [9.17, 15) is 9.18 Å². The summed E-state index contributed by atoms with van der Waals surface area (Å²) in [5, 5.41) is 0. The molecule has 0 aliphatic heterocycles. The first kappa shape index (κ1) is 8.35. The molecular formula is C10H10FNO. The maximum atomic E-state index is 13.2. The van der Waals surface area contributed by atoms with Crippen LogP contribution in [0.15, 0.2) is 12.3 Å². The third-order valence-electron chi connectivity index (χ3n) is 2.25. The first-order valence-corrected chi connectivity index (χ1v) is 4.39. The lowest BCUT2D eigenvalue weighted by Crippen LogP contribution is -1.98. The molecule has 68 valence electrons. The van der Waals surface area contributed by atoms with E-state index in [1.54, 1.807) is 0 Å². The Kier molecular flexibility index (Phi) is 2.08. The molecule has 1 saturated carbocycles. The Bertz CT molecular complexity index is 334. The van der Waals surface area contributed by atoms with Gasteiger partial charge in [-0.15, -0.1) is 0 Å². The van der Waals surface area contributed by atoms with Gasteiger partial charge in [0.2, 0.25) is 0 Å². The summed E-state index contributed by atoms with van der Waals surface area (Å²) in [6.07, 6.45) is 5.10. The van der Waals surface area contributed by atoms with Gasteiger partial charge in [-0.2, -0.15) is 0 Å². The van der Waals surface area contributed by atoms with Gasteiger partial charge in [0.05, 0.1) is 5.69 Å². The van der Waals surface area contributed by atoms with E-state index in [4.69, 9.17) is 0 Å². The zero-order valence-electron chi connectivity index (χ0n) is 7.16. The monoisotopic (exact) mass is 179 g/mol. The minimum atomic E-state index is -0.350. The van der Waals surface area contributed by atoms with E-state index in [1.807, 2.05) is 0 Å². The molecule has 1 aliphatic carbocycles. The normalized spacial score (nSPS) is 15.8. The van der Waals surface area contributed by atoms with Crippen molar-refractivity contribution in [3.8, 4) is 0 Å². The second-order valence-corrected chi connectivity index (χ2v) is 3.46. The molecule has 3 heteroatoms. The third-order valence-corrected chi connectivity index (χ3v) is 2.25. The van der Waals surface area contributed by atoms with E-state index >= 15 is 0 Å². The van der Waals surface area contributed by atoms with Crippen molar-refractivity contribution in [3.63, 3.8) is 0 Å². The van der Waals surface area contributed by atoms with Crippen LogP contribution in [-0.2, 0) is 6.42 Å². The molecule has 0 aromatic carbocycles. The van der Waals surface area contributed by atoms with Crippen molar-refractivity contribution >= 4 is 6.29 Å². The summed E-state index contributed by atoms with van der Waals surface area (Å²) in [6, 6.07) is 1.25. The fourth-order valence-corrected chi connectivity index (χ4v) is 1.29. The van der Waals surface area contributed by atoms with Gasteiger partial charge in [-0.3, -0.25) is 9.78 Å². The van der Waals surface area contributed by atoms with Gasteiger partial charge in [0, 0.05) is 11.8 Å². The standard InChI is InChI=1S/C10H10FNO/c11-9-3-8(6-13)5-12-10(9)4-7-1-2-7/h3,5-7H,1-2,4H2. The van der Waals surface area contributed by atoms with E-state index in [0.29, 0.717) is 29.9 Å². The predicted octanol–water partition coefficient (Wildman–Crippen LogP) is 1.99. The molecule has 2 rings (SSSR count). The zero-order valence-corrected chi connectivity index (χ0v) is 7.16. The number of hydrogen-bond acceptors (Lipinski definition) is 2. The summed E-state index contributed by atoms with van der Waals surface area (Å²) in [6.45, 7) is 0. The van der Waals surface area contributed by atoms with Gasteiger partial charge in [0.1, 0.15) is 5.82 Å². The van der Waals surface area contributed by atoms with Gasteiger partial charge in [-0.1, -0.05) is 0 Å². The summed E-state index contributed by atoms with van der Waals surface area (Å²) in [7, 11) is 0. The molecule has 0 atom stereocenters. The van der Waals surface area contributed by atoms with E-state index in [2.05, 4.69) is 4.98 Å². The van der Waals surface area contributed by atoms with Crippen LogP contribution in [0.5, 0.6) is 0 Å². The lowest BCUT2D eigenvalue weighted by Gasteiger charge is -2.00. The number of halogens is 1. The molecular weight excluding hydrogens is 169 g/mol. The SMILES string of the molecule is O=Cc1cnc(CC2CC2)c(F)c1. The van der Waals surface area contributed by atoms with Crippen LogP contribution in [0.2, 0.25) is 0 Å². The molecule has 0 bridgehead atoms. The summed E-state index contributed by atoms with van der Waals surface area (Å²) in [4.78, 5) is 14.2. The quantitative estimate of drug-likeness (QED) is 0.664. The third kappa shape index (κ3) is 1.91. The Morgan fingerprint density at radius 2 is 2.38 bits per heavy atom. The van der Waals surface area contributed by atoms with Crippen molar-refractivity contribution in [2.24, 2.45) is 5.92 Å². The smallest absolute Gasteiger partial charge is 0.151 e. The highest BCUT2D eigenvalue weighted by Gasteiger charge is 2.23. The first-order chi connectivity index (χ1) is 6.29. The molecule has 0 spiro atoms. The highest BCUT2D eigenvalue weighted by Crippen LogP contribution is 2.32. The van der Waals surface area contributed by atoms with Gasteiger partial charge in [0.25, 0.3) is 0 Å². The molecule has 1 heterocycles. The largest absolute Gasteiger partial charge is 0.298 e. The molecule has 1 aromatic rings. The number of hydrogen-bond donors (Lipinski definition) is 0. The van der Waals surface area contributed by atoms with E-state index in [1.165, 1.54) is 25.1 Å². The minimum Gasteiger partial charge on any atom is -0.298 e. The number of nitrogens with zero attached hydrogens (tertiary/aromatic N) is 1. The average molecular weight is 179 g/mol. The topological polar surface area (TPSA) is 30.0 Å². The number of aromatic nitrogens is 1. The van der Waals surface area contributed by atoms with Crippen LogP contribution in [0.4, 0.5) is 4.39 Å². The van der Waals surface area contributed by atoms with Crippen LogP contribution in [-0.4, -0.2) is 11.3 Å². The van der Waals surface area contributed by atoms with Crippen molar-refractivity contribution < 1.29 is 9.18 Å². The Labute approximate surface area is 75.8 Å². The predicted molar refractivity (Wildman–Crippen MR) is 46.0 cm³/mol. The maximum absolute atomic E-state index is 13.2. The highest BCUT2D eigenvalue weighted by atomic mass is 19.1. The minimum absolute atomic E-state index is 0.303. The number of aldehydes is 1. The Balaban J connectivity index is 2.20. The van der Waals surface area contributed by atoms with Crippen LogP contribution in [0.25, 0.3) is 0 Å². The molecule has 1 fully saturated rings. The molecule has 0 unspecified atom stereocenters. The number of carbonyl (C=O) groups excluding carboxylic acids is 1. The molecule has 0 saturated heterocycles. The maximum Gasteiger partial charge on any atom is 0.151 e. The van der Waals surface area contributed by atoms with Gasteiger partial charge >= 0.3 is 0 Å². The fourth-order valence-electron chi connectivity index (χ4n) is 1.29. The lowest BCUT2D eigenvalue weighted by molar-refractivity contribution is 0.112. The molecule has 13 heavy (non-hydrogen) atoms. The fraction of sp³-hybridized carbons (Fsp3) is 0.400. The van der Waals surface area contributed by atoms with Gasteiger partial charge in [-0.25, -0.2) is 4.39 Å². The molecule has 0 radical (unpaired) electrons. The van der Waals surface area contributed by atoms with Crippen LogP contribution < -0.4 is 0 Å². The van der Waals surface area contributed by atoms with Crippen LogP contribution >= 0.6 is 0 Å². The lowest BCUT2D eigenvalue weighted by atomic mass is 10.2. The highest BCUT2D eigenvalue weighted by molar-refractivity contribution is 5.73. The van der Waals surface area contributed by atoms with Crippen molar-refractivity contribution in [2.75, 3.05) is 0 Å². The first-order valence-electron chi connectivity index (χ1n) is 4.39. The van der Waals surface area contributed by atoms with Crippen molar-refractivity contribution in [1.29, 1.82) is 0 Å². The summed E-state index contributed by atoms with van der Waals surface area (Å²) in [5.74, 6) is 0.264. The van der Waals surface area contributed by atoms with E-state index in [0.717, 1.165) is 0 Å². The zero-order chi connectivity index (χ0) is 9.26. The molecule has 2 nitrogen and oxygen atoms in total. The van der Waals surface area contributed by atoms with Gasteiger partial charge in [-0.05, 0) is 31.2 Å². The van der Waals surface area contributed by atoms with Crippen molar-refractivity contribution in [2.45, 2.75) is 19.3 Å². The Morgan fingerprint density at radius 3 is 2.92 bits per heavy atom. The Morgan fingerprint density at radius 1 is 1.62 bits per heavy atom. The molecule has 1 aromatic heterocycles. The van der Waals surface area contributed by atoms with E-state index < -0.39 is 0 Å². The molecule has 0 amide bonds. The summed E-state index contributed by atoms with van der Waals surface area (Å²) < 4.78 is 13.2. The van der Waals surface area contributed by atoms with Gasteiger partial charge in [0.15, 0.2) is 6.29 Å². The second-order valence-electron chi connectivity index (χ2n) is 3.46. The van der Waals surface area contributed by atoms with Crippen LogP contribution in [0.1, 0.15) is 28.9 Å². The van der Waals surface area contributed by atoms with Crippen molar-refractivity contribution in [1.82, 2.24) is 4.98 Å². The average Bonchev–Trinajstić information content (AvgIpc) is 2.92.